The smallest absolute Gasteiger partial charge is 0.307 e. The van der Waals surface area contributed by atoms with E-state index in [1.165, 1.54) is 12.8 Å². The van der Waals surface area contributed by atoms with Crippen LogP contribution in [0.1, 0.15) is 60.3 Å². The Labute approximate surface area is 111 Å². The maximum absolute atomic E-state index is 11.3. The van der Waals surface area contributed by atoms with Gasteiger partial charge in [-0.05, 0) is 37.5 Å². The summed E-state index contributed by atoms with van der Waals surface area (Å²) in [4.78, 5) is 11.3. The molecule has 0 heterocycles. The highest BCUT2D eigenvalue weighted by Crippen LogP contribution is 2.45. The molecule has 0 saturated heterocycles. The molecular weight excluding hydrogens is 226 g/mol. The first kappa shape index (κ1) is 15.5. The largest absolute Gasteiger partial charge is 0.481 e. The molecule has 0 radical (unpaired) electrons. The van der Waals surface area contributed by atoms with Crippen LogP contribution >= 0.6 is 0 Å². The first-order valence-corrected chi connectivity index (χ1v) is 7.29. The zero-order valence-corrected chi connectivity index (χ0v) is 12.5. The van der Waals surface area contributed by atoms with Gasteiger partial charge in [0.15, 0.2) is 0 Å². The van der Waals surface area contributed by atoms with Crippen molar-refractivity contribution in [2.24, 2.45) is 17.3 Å². The fourth-order valence-electron chi connectivity index (χ4n) is 3.36. The minimum atomic E-state index is -0.632. The van der Waals surface area contributed by atoms with E-state index in [1.807, 2.05) is 0 Å². The predicted molar refractivity (Wildman–Crippen MR) is 74.6 cm³/mol. The summed E-state index contributed by atoms with van der Waals surface area (Å²) in [6.45, 7) is 10.8. The molecule has 0 aromatic rings. The second kappa shape index (κ2) is 6.05. The summed E-state index contributed by atoms with van der Waals surface area (Å²) < 4.78 is 0. The van der Waals surface area contributed by atoms with E-state index < -0.39 is 5.97 Å². The van der Waals surface area contributed by atoms with E-state index in [0.717, 1.165) is 12.8 Å². The minimum absolute atomic E-state index is 0.131. The van der Waals surface area contributed by atoms with Crippen molar-refractivity contribution < 1.29 is 9.90 Å². The Hall–Kier alpha value is -0.570. The van der Waals surface area contributed by atoms with E-state index in [4.69, 9.17) is 0 Å². The highest BCUT2D eigenvalue weighted by Gasteiger charge is 2.46. The van der Waals surface area contributed by atoms with Gasteiger partial charge in [-0.1, -0.05) is 34.1 Å². The standard InChI is InChI=1S/C15H29NO2/c1-6-7-10(2)16-13-9-8-12(14(17)18)15(4,5)11(13)3/h10-13,16H,6-9H2,1-5H3,(H,17,18). The molecule has 3 nitrogen and oxygen atoms in total. The number of carboxylic acids is 1. The summed E-state index contributed by atoms with van der Waals surface area (Å²) >= 11 is 0. The quantitative estimate of drug-likeness (QED) is 0.792. The Morgan fingerprint density at radius 3 is 2.56 bits per heavy atom. The first-order valence-electron chi connectivity index (χ1n) is 7.29. The lowest BCUT2D eigenvalue weighted by atomic mass is 9.61. The number of rotatable bonds is 5. The van der Waals surface area contributed by atoms with Crippen molar-refractivity contribution in [2.45, 2.75) is 72.4 Å². The fourth-order valence-corrected chi connectivity index (χ4v) is 3.36. The van der Waals surface area contributed by atoms with Crippen molar-refractivity contribution in [3.8, 4) is 0 Å². The maximum Gasteiger partial charge on any atom is 0.307 e. The van der Waals surface area contributed by atoms with Gasteiger partial charge < -0.3 is 10.4 Å². The van der Waals surface area contributed by atoms with E-state index in [-0.39, 0.29) is 11.3 Å². The molecule has 18 heavy (non-hydrogen) atoms. The van der Waals surface area contributed by atoms with Crippen LogP contribution in [-0.2, 0) is 4.79 Å². The molecule has 4 unspecified atom stereocenters. The van der Waals surface area contributed by atoms with Crippen molar-refractivity contribution >= 4 is 5.97 Å². The molecule has 0 aromatic heterocycles. The monoisotopic (exact) mass is 255 g/mol. The van der Waals surface area contributed by atoms with Crippen LogP contribution in [-0.4, -0.2) is 23.2 Å². The number of hydrogen-bond donors (Lipinski definition) is 2. The molecule has 1 aliphatic rings. The van der Waals surface area contributed by atoms with Gasteiger partial charge in [-0.15, -0.1) is 0 Å². The summed E-state index contributed by atoms with van der Waals surface area (Å²) in [5, 5.41) is 13.0. The van der Waals surface area contributed by atoms with E-state index in [9.17, 15) is 9.90 Å². The third-order valence-electron chi connectivity index (χ3n) is 4.96. The van der Waals surface area contributed by atoms with Crippen LogP contribution in [0.25, 0.3) is 0 Å². The minimum Gasteiger partial charge on any atom is -0.481 e. The van der Waals surface area contributed by atoms with Gasteiger partial charge in [0, 0.05) is 12.1 Å². The average Bonchev–Trinajstić information content (AvgIpc) is 2.24. The van der Waals surface area contributed by atoms with Gasteiger partial charge in [-0.25, -0.2) is 0 Å². The molecule has 0 aliphatic heterocycles. The van der Waals surface area contributed by atoms with Gasteiger partial charge in [0.05, 0.1) is 5.92 Å². The molecule has 106 valence electrons. The lowest BCUT2D eigenvalue weighted by Gasteiger charge is -2.47. The molecule has 3 heteroatoms. The topological polar surface area (TPSA) is 49.3 Å². The molecular formula is C15H29NO2. The fraction of sp³-hybridized carbons (Fsp3) is 0.933. The molecule has 1 saturated carbocycles. The van der Waals surface area contributed by atoms with Gasteiger partial charge in [0.25, 0.3) is 0 Å². The zero-order valence-electron chi connectivity index (χ0n) is 12.5. The molecule has 0 aromatic carbocycles. The lowest BCUT2D eigenvalue weighted by Crippen LogP contribution is -2.52. The Balaban J connectivity index is 2.69. The molecule has 1 fully saturated rings. The summed E-state index contributed by atoms with van der Waals surface area (Å²) in [7, 11) is 0. The molecule has 1 rings (SSSR count). The molecule has 2 N–H and O–H groups in total. The molecule has 4 atom stereocenters. The van der Waals surface area contributed by atoms with Crippen LogP contribution in [0.4, 0.5) is 0 Å². The summed E-state index contributed by atoms with van der Waals surface area (Å²) in [6, 6.07) is 0.983. The van der Waals surface area contributed by atoms with E-state index in [1.54, 1.807) is 0 Å². The van der Waals surface area contributed by atoms with Crippen molar-refractivity contribution in [3.63, 3.8) is 0 Å². The van der Waals surface area contributed by atoms with Crippen LogP contribution in [0.15, 0.2) is 0 Å². The van der Waals surface area contributed by atoms with E-state index in [0.29, 0.717) is 18.0 Å². The Morgan fingerprint density at radius 2 is 2.06 bits per heavy atom. The van der Waals surface area contributed by atoms with Crippen molar-refractivity contribution in [3.05, 3.63) is 0 Å². The Kier molecular flexibility index (Phi) is 5.20. The van der Waals surface area contributed by atoms with Crippen LogP contribution in [0.2, 0.25) is 0 Å². The zero-order chi connectivity index (χ0) is 13.9. The maximum atomic E-state index is 11.3. The van der Waals surface area contributed by atoms with Crippen LogP contribution in [0.5, 0.6) is 0 Å². The van der Waals surface area contributed by atoms with Gasteiger partial charge in [-0.2, -0.15) is 0 Å². The number of nitrogens with one attached hydrogen (secondary N) is 1. The van der Waals surface area contributed by atoms with E-state index >= 15 is 0 Å². The van der Waals surface area contributed by atoms with Crippen LogP contribution < -0.4 is 5.32 Å². The van der Waals surface area contributed by atoms with Gasteiger partial charge in [-0.3, -0.25) is 4.79 Å². The van der Waals surface area contributed by atoms with Gasteiger partial charge in [0.1, 0.15) is 0 Å². The summed E-state index contributed by atoms with van der Waals surface area (Å²) in [5.41, 5.74) is -0.131. The first-order chi connectivity index (χ1) is 8.30. The number of carboxylic acid groups (broad SMARTS) is 1. The van der Waals surface area contributed by atoms with Gasteiger partial charge in [0.2, 0.25) is 0 Å². The average molecular weight is 255 g/mol. The number of carbonyl (C=O) groups is 1. The van der Waals surface area contributed by atoms with E-state index in [2.05, 4.69) is 39.9 Å². The number of aliphatic carboxylic acids is 1. The SMILES string of the molecule is CCCC(C)NC1CCC(C(=O)O)C(C)(C)C1C. The second-order valence-electron chi connectivity index (χ2n) is 6.54. The van der Waals surface area contributed by atoms with Crippen molar-refractivity contribution in [1.29, 1.82) is 0 Å². The normalized spacial score (nSPS) is 33.1. The van der Waals surface area contributed by atoms with Crippen LogP contribution in [0.3, 0.4) is 0 Å². The van der Waals surface area contributed by atoms with Crippen molar-refractivity contribution in [1.82, 2.24) is 5.32 Å². The Morgan fingerprint density at radius 1 is 1.44 bits per heavy atom. The van der Waals surface area contributed by atoms with Crippen molar-refractivity contribution in [2.75, 3.05) is 0 Å². The second-order valence-corrected chi connectivity index (χ2v) is 6.54. The molecule has 1 aliphatic carbocycles. The predicted octanol–water partition coefficient (Wildman–Crippen LogP) is 3.29. The molecule has 0 spiro atoms. The highest BCUT2D eigenvalue weighted by molar-refractivity contribution is 5.71. The third-order valence-corrected chi connectivity index (χ3v) is 4.96. The molecule has 0 amide bonds. The van der Waals surface area contributed by atoms with Crippen LogP contribution in [0, 0.1) is 17.3 Å². The third kappa shape index (κ3) is 3.25. The molecule has 0 bridgehead atoms. The number of hydrogen-bond acceptors (Lipinski definition) is 2. The highest BCUT2D eigenvalue weighted by atomic mass is 16.4. The summed E-state index contributed by atoms with van der Waals surface area (Å²) in [6.07, 6.45) is 4.15. The Bertz CT molecular complexity index is 288. The summed E-state index contributed by atoms with van der Waals surface area (Å²) in [5.74, 6) is -0.439. The van der Waals surface area contributed by atoms with Gasteiger partial charge >= 0.3 is 5.97 Å². The lowest BCUT2D eigenvalue weighted by molar-refractivity contribution is -0.150.